The molecule has 3 amide bonds. The molecule has 0 aliphatic carbocycles. The maximum absolute atomic E-state index is 12.9. The molecule has 3 rings (SSSR count). The molecule has 1 atom stereocenters. The lowest BCUT2D eigenvalue weighted by Gasteiger charge is -2.29. The Bertz CT molecular complexity index is 674. The highest BCUT2D eigenvalue weighted by Gasteiger charge is 2.39. The Kier molecular flexibility index (Phi) is 4.92. The van der Waals surface area contributed by atoms with Gasteiger partial charge in [-0.3, -0.25) is 19.7 Å². The molecule has 0 saturated carbocycles. The Hall–Kier alpha value is -2.25. The van der Waals surface area contributed by atoms with E-state index in [1.54, 1.807) is 4.90 Å². The van der Waals surface area contributed by atoms with E-state index in [2.05, 4.69) is 16.0 Å². The number of amides is 3. The van der Waals surface area contributed by atoms with Crippen LogP contribution in [0.5, 0.6) is 0 Å². The molecule has 1 aromatic rings. The summed E-state index contributed by atoms with van der Waals surface area (Å²) in [6.45, 7) is 2.70. The highest BCUT2D eigenvalue weighted by atomic mass is 16.2. The van der Waals surface area contributed by atoms with Crippen molar-refractivity contribution in [3.05, 3.63) is 34.9 Å². The number of nitrogens with one attached hydrogen (secondary N) is 3. The van der Waals surface area contributed by atoms with Gasteiger partial charge in [0.15, 0.2) is 0 Å². The predicted molar refractivity (Wildman–Crippen MR) is 88.1 cm³/mol. The summed E-state index contributed by atoms with van der Waals surface area (Å²) in [6.07, 6.45) is 0.662. The van der Waals surface area contributed by atoms with Gasteiger partial charge in [-0.1, -0.05) is 18.2 Å². The minimum absolute atomic E-state index is 0.120. The van der Waals surface area contributed by atoms with Crippen molar-refractivity contribution >= 4 is 17.7 Å². The van der Waals surface area contributed by atoms with Gasteiger partial charge in [-0.15, -0.1) is 0 Å². The van der Waals surface area contributed by atoms with Crippen molar-refractivity contribution in [2.24, 2.45) is 0 Å². The Morgan fingerprint density at radius 2 is 2.08 bits per heavy atom. The molecule has 1 fully saturated rings. The van der Waals surface area contributed by atoms with Crippen LogP contribution in [0.4, 0.5) is 0 Å². The van der Waals surface area contributed by atoms with E-state index >= 15 is 0 Å². The number of fused-ring (bicyclic) bond motifs is 1. The van der Waals surface area contributed by atoms with Gasteiger partial charge in [0, 0.05) is 38.2 Å². The third-order valence-corrected chi connectivity index (χ3v) is 4.51. The fourth-order valence-corrected chi connectivity index (χ4v) is 3.27. The van der Waals surface area contributed by atoms with E-state index in [0.717, 1.165) is 24.2 Å². The summed E-state index contributed by atoms with van der Waals surface area (Å²) in [5.41, 5.74) is 2.58. The van der Waals surface area contributed by atoms with E-state index < -0.39 is 6.04 Å². The first kappa shape index (κ1) is 16.6. The molecule has 2 aliphatic rings. The number of piperidine rings is 1. The Labute approximate surface area is 140 Å². The lowest BCUT2D eigenvalue weighted by molar-refractivity contribution is -0.136. The largest absolute Gasteiger partial charge is 0.322 e. The van der Waals surface area contributed by atoms with Crippen LogP contribution in [0.15, 0.2) is 18.2 Å². The molecule has 3 N–H and O–H groups in total. The molecule has 0 bridgehead atoms. The van der Waals surface area contributed by atoms with Crippen molar-refractivity contribution in [2.75, 3.05) is 20.1 Å². The van der Waals surface area contributed by atoms with E-state index in [-0.39, 0.29) is 24.1 Å². The molecule has 7 nitrogen and oxygen atoms in total. The van der Waals surface area contributed by atoms with Gasteiger partial charge in [0.05, 0.1) is 0 Å². The third kappa shape index (κ3) is 3.18. The van der Waals surface area contributed by atoms with Gasteiger partial charge in [-0.05, 0) is 24.6 Å². The van der Waals surface area contributed by atoms with Gasteiger partial charge < -0.3 is 15.5 Å². The number of carbonyl (C=O) groups is 3. The average molecular weight is 330 g/mol. The molecule has 0 aromatic heterocycles. The zero-order valence-corrected chi connectivity index (χ0v) is 13.7. The van der Waals surface area contributed by atoms with Crippen LogP contribution in [0.25, 0.3) is 0 Å². The van der Waals surface area contributed by atoms with Crippen LogP contribution in [0.1, 0.15) is 34.3 Å². The second-order valence-electron chi connectivity index (χ2n) is 6.13. The number of imide groups is 1. The summed E-state index contributed by atoms with van der Waals surface area (Å²) in [7, 11) is 1.89. The molecule has 2 heterocycles. The average Bonchev–Trinajstić information content (AvgIpc) is 2.89. The lowest BCUT2D eigenvalue weighted by atomic mass is 10.0. The third-order valence-electron chi connectivity index (χ3n) is 4.51. The van der Waals surface area contributed by atoms with Gasteiger partial charge in [0.1, 0.15) is 6.04 Å². The molecule has 0 spiro atoms. The zero-order chi connectivity index (χ0) is 17.1. The van der Waals surface area contributed by atoms with Crippen LogP contribution in [0.2, 0.25) is 0 Å². The van der Waals surface area contributed by atoms with Crippen LogP contribution in [0, 0.1) is 0 Å². The van der Waals surface area contributed by atoms with Gasteiger partial charge in [0.2, 0.25) is 11.8 Å². The van der Waals surface area contributed by atoms with Crippen LogP contribution in [-0.2, 0) is 22.7 Å². The molecule has 1 unspecified atom stereocenters. The number of nitrogens with zero attached hydrogens (tertiary/aromatic N) is 1. The summed E-state index contributed by atoms with van der Waals surface area (Å²) in [5.74, 6) is -0.763. The smallest absolute Gasteiger partial charge is 0.255 e. The quantitative estimate of drug-likeness (QED) is 0.495. The zero-order valence-electron chi connectivity index (χ0n) is 13.7. The monoisotopic (exact) mass is 330 g/mol. The number of hydrogen-bond donors (Lipinski definition) is 3. The molecule has 2 aliphatic heterocycles. The standard InChI is InChI=1S/C17H22N4O3/c1-18-7-8-19-9-11-3-2-4-12-10-21(17(24)15(11)12)13-5-6-14(22)20-16(13)23/h2-4,13,18-19H,5-10H2,1H3,(H,20,22,23). The van der Waals surface area contributed by atoms with Crippen molar-refractivity contribution in [1.29, 1.82) is 0 Å². The number of hydrogen-bond acceptors (Lipinski definition) is 5. The molecule has 0 radical (unpaired) electrons. The first-order valence-corrected chi connectivity index (χ1v) is 8.22. The second-order valence-corrected chi connectivity index (χ2v) is 6.13. The number of carbonyl (C=O) groups excluding carboxylic acids is 3. The molecule has 7 heteroatoms. The van der Waals surface area contributed by atoms with Crippen molar-refractivity contribution in [3.8, 4) is 0 Å². The molecule has 128 valence electrons. The van der Waals surface area contributed by atoms with Gasteiger partial charge >= 0.3 is 0 Å². The molecule has 1 saturated heterocycles. The number of benzene rings is 1. The first-order valence-electron chi connectivity index (χ1n) is 8.22. The van der Waals surface area contributed by atoms with Crippen LogP contribution in [0.3, 0.4) is 0 Å². The van der Waals surface area contributed by atoms with E-state index in [1.165, 1.54) is 0 Å². The lowest BCUT2D eigenvalue weighted by Crippen LogP contribution is -2.52. The summed E-state index contributed by atoms with van der Waals surface area (Å²) in [6, 6.07) is 5.25. The highest BCUT2D eigenvalue weighted by Crippen LogP contribution is 2.29. The van der Waals surface area contributed by atoms with E-state index in [4.69, 9.17) is 0 Å². The summed E-state index contributed by atoms with van der Waals surface area (Å²) in [5, 5.41) is 8.69. The van der Waals surface area contributed by atoms with Crippen molar-refractivity contribution < 1.29 is 14.4 Å². The number of likely N-dealkylation sites (N-methyl/N-ethyl adjacent to an activating group) is 1. The van der Waals surface area contributed by atoms with Gasteiger partial charge in [-0.2, -0.15) is 0 Å². The topological polar surface area (TPSA) is 90.5 Å². The summed E-state index contributed by atoms with van der Waals surface area (Å²) >= 11 is 0. The van der Waals surface area contributed by atoms with Gasteiger partial charge in [-0.25, -0.2) is 0 Å². The van der Waals surface area contributed by atoms with Crippen molar-refractivity contribution in [1.82, 2.24) is 20.9 Å². The molecular weight excluding hydrogens is 308 g/mol. The van der Waals surface area contributed by atoms with Crippen molar-refractivity contribution in [3.63, 3.8) is 0 Å². The van der Waals surface area contributed by atoms with E-state index in [9.17, 15) is 14.4 Å². The molecule has 1 aromatic carbocycles. The van der Waals surface area contributed by atoms with Crippen LogP contribution >= 0.6 is 0 Å². The maximum atomic E-state index is 12.9. The Morgan fingerprint density at radius 1 is 1.25 bits per heavy atom. The SMILES string of the molecule is CNCCNCc1cccc2c1C(=O)N(C1CCC(=O)NC1=O)C2. The second kappa shape index (κ2) is 7.11. The normalized spacial score (nSPS) is 20.3. The fourth-order valence-electron chi connectivity index (χ4n) is 3.27. The number of rotatable bonds is 6. The minimum Gasteiger partial charge on any atom is -0.322 e. The van der Waals surface area contributed by atoms with Crippen LogP contribution in [-0.4, -0.2) is 48.8 Å². The maximum Gasteiger partial charge on any atom is 0.255 e. The fraction of sp³-hybridized carbons (Fsp3) is 0.471. The summed E-state index contributed by atoms with van der Waals surface area (Å²) in [4.78, 5) is 37.8. The highest BCUT2D eigenvalue weighted by molar-refractivity contribution is 6.05. The Morgan fingerprint density at radius 3 is 2.83 bits per heavy atom. The molecule has 24 heavy (non-hydrogen) atoms. The van der Waals surface area contributed by atoms with E-state index in [1.807, 2.05) is 25.2 Å². The first-order chi connectivity index (χ1) is 11.6. The Balaban J connectivity index is 1.75. The van der Waals surface area contributed by atoms with E-state index in [0.29, 0.717) is 25.1 Å². The predicted octanol–water partition coefficient (Wildman–Crippen LogP) is -0.243. The van der Waals surface area contributed by atoms with Gasteiger partial charge in [0.25, 0.3) is 5.91 Å². The summed E-state index contributed by atoms with van der Waals surface area (Å²) < 4.78 is 0. The molecular formula is C17H22N4O3. The van der Waals surface area contributed by atoms with Crippen LogP contribution < -0.4 is 16.0 Å². The van der Waals surface area contributed by atoms with Crippen molar-refractivity contribution in [2.45, 2.75) is 32.0 Å². The minimum atomic E-state index is -0.562.